The molecule has 0 unspecified atom stereocenters. The van der Waals surface area contributed by atoms with Gasteiger partial charge in [-0.2, -0.15) is 0 Å². The van der Waals surface area contributed by atoms with Gasteiger partial charge in [-0.25, -0.2) is 4.98 Å². The van der Waals surface area contributed by atoms with Gasteiger partial charge in [0.25, 0.3) is 5.91 Å². The predicted octanol–water partition coefficient (Wildman–Crippen LogP) is 2.52. The fourth-order valence-electron chi connectivity index (χ4n) is 2.84. The van der Waals surface area contributed by atoms with Crippen molar-refractivity contribution in [3.05, 3.63) is 41.9 Å². The lowest BCUT2D eigenvalue weighted by atomic mass is 10.1. The summed E-state index contributed by atoms with van der Waals surface area (Å²) < 4.78 is 5.43. The molecule has 0 spiro atoms. The molecule has 1 fully saturated rings. The van der Waals surface area contributed by atoms with Gasteiger partial charge in [0.2, 0.25) is 0 Å². The van der Waals surface area contributed by atoms with E-state index < -0.39 is 0 Å². The number of oxazole rings is 1. The Morgan fingerprint density at radius 1 is 1.23 bits per heavy atom. The first kappa shape index (κ1) is 22.4. The third-order valence-electron chi connectivity index (χ3n) is 4.24. The Balaban J connectivity index is 0.00000169. The Morgan fingerprint density at radius 3 is 2.62 bits per heavy atom. The summed E-state index contributed by atoms with van der Waals surface area (Å²) in [5.41, 5.74) is 2.38. The Bertz CT molecular complexity index is 670. The van der Waals surface area contributed by atoms with Gasteiger partial charge < -0.3 is 20.0 Å². The number of nitrogens with one attached hydrogen (secondary N) is 2. The van der Waals surface area contributed by atoms with Crippen molar-refractivity contribution in [3.8, 4) is 11.3 Å². The van der Waals surface area contributed by atoms with Crippen LogP contribution in [-0.4, -0.2) is 55.1 Å². The van der Waals surface area contributed by atoms with E-state index in [2.05, 4.69) is 20.5 Å². The highest BCUT2D eigenvalue weighted by Crippen LogP contribution is 2.23. The van der Waals surface area contributed by atoms with Gasteiger partial charge in [0.1, 0.15) is 0 Å². The first-order valence-electron chi connectivity index (χ1n) is 8.46. The van der Waals surface area contributed by atoms with E-state index in [0.29, 0.717) is 18.0 Å². The number of carbonyl (C=O) groups excluding carboxylic acids is 1. The third kappa shape index (κ3) is 5.99. The highest BCUT2D eigenvalue weighted by atomic mass is 35.5. The number of aryl methyl sites for hydroxylation is 1. The van der Waals surface area contributed by atoms with E-state index in [0.717, 1.165) is 50.3 Å². The van der Waals surface area contributed by atoms with Crippen LogP contribution >= 0.6 is 24.8 Å². The third-order valence-corrected chi connectivity index (χ3v) is 4.24. The maximum absolute atomic E-state index is 12.4. The zero-order chi connectivity index (χ0) is 16.8. The summed E-state index contributed by atoms with van der Waals surface area (Å²) >= 11 is 0. The standard InChI is InChI=1S/C18H24N4O2.2ClH/c1-14-3-5-15(6-4-14)17-16(21-13-24-17)18(23)20-7-2-10-22-11-8-19-9-12-22;;/h3-6,13,19H,2,7-12H2,1H3,(H,20,23);2*1H. The van der Waals surface area contributed by atoms with Crippen LogP contribution in [0.1, 0.15) is 22.5 Å². The maximum Gasteiger partial charge on any atom is 0.273 e. The zero-order valence-electron chi connectivity index (χ0n) is 14.9. The molecule has 2 aromatic rings. The maximum atomic E-state index is 12.4. The number of halogens is 2. The molecule has 1 aliphatic rings. The number of amides is 1. The summed E-state index contributed by atoms with van der Waals surface area (Å²) in [6.45, 7) is 7.92. The molecule has 1 aromatic heterocycles. The van der Waals surface area contributed by atoms with E-state index in [-0.39, 0.29) is 30.7 Å². The summed E-state index contributed by atoms with van der Waals surface area (Å²) in [6.07, 6.45) is 2.26. The number of aromatic nitrogens is 1. The Hall–Kier alpha value is -1.60. The van der Waals surface area contributed by atoms with Crippen LogP contribution in [0, 0.1) is 6.92 Å². The average Bonchev–Trinajstić information content (AvgIpc) is 3.10. The normalized spacial score (nSPS) is 14.2. The first-order valence-corrected chi connectivity index (χ1v) is 8.46. The van der Waals surface area contributed by atoms with Crippen molar-refractivity contribution in [2.75, 3.05) is 39.3 Å². The molecule has 0 atom stereocenters. The topological polar surface area (TPSA) is 70.4 Å². The minimum absolute atomic E-state index is 0. The second kappa shape index (κ2) is 11.2. The van der Waals surface area contributed by atoms with Crippen LogP contribution < -0.4 is 10.6 Å². The van der Waals surface area contributed by atoms with E-state index in [9.17, 15) is 4.79 Å². The molecule has 2 N–H and O–H groups in total. The highest BCUT2D eigenvalue weighted by molar-refractivity contribution is 5.97. The molecule has 0 aliphatic carbocycles. The number of carbonyl (C=O) groups is 1. The molecule has 3 rings (SSSR count). The van der Waals surface area contributed by atoms with Crippen molar-refractivity contribution in [1.82, 2.24) is 20.5 Å². The van der Waals surface area contributed by atoms with Crippen LogP contribution in [0.3, 0.4) is 0 Å². The zero-order valence-corrected chi connectivity index (χ0v) is 16.5. The number of hydrogen-bond acceptors (Lipinski definition) is 5. The SMILES string of the molecule is Cc1ccc(-c2ocnc2C(=O)NCCCN2CCNCC2)cc1.Cl.Cl. The fourth-order valence-corrected chi connectivity index (χ4v) is 2.84. The van der Waals surface area contributed by atoms with Crippen LogP contribution in [0.2, 0.25) is 0 Å². The van der Waals surface area contributed by atoms with Crippen LogP contribution in [0.5, 0.6) is 0 Å². The average molecular weight is 401 g/mol. The fraction of sp³-hybridized carbons (Fsp3) is 0.444. The van der Waals surface area contributed by atoms with Gasteiger partial charge in [0.05, 0.1) is 0 Å². The van der Waals surface area contributed by atoms with Crippen LogP contribution in [-0.2, 0) is 0 Å². The van der Waals surface area contributed by atoms with E-state index in [1.54, 1.807) is 0 Å². The second-order valence-corrected chi connectivity index (χ2v) is 6.10. The molecule has 1 aromatic carbocycles. The number of hydrogen-bond donors (Lipinski definition) is 2. The van der Waals surface area contributed by atoms with Gasteiger partial charge in [-0.05, 0) is 19.9 Å². The van der Waals surface area contributed by atoms with Crippen LogP contribution in [0.4, 0.5) is 0 Å². The van der Waals surface area contributed by atoms with Crippen molar-refractivity contribution >= 4 is 30.7 Å². The number of rotatable bonds is 6. The van der Waals surface area contributed by atoms with Crippen molar-refractivity contribution in [2.24, 2.45) is 0 Å². The van der Waals surface area contributed by atoms with Crippen LogP contribution in [0.15, 0.2) is 35.1 Å². The number of benzene rings is 1. The molecule has 0 saturated carbocycles. The van der Waals surface area contributed by atoms with Crippen molar-refractivity contribution in [2.45, 2.75) is 13.3 Å². The molecule has 6 nitrogen and oxygen atoms in total. The lowest BCUT2D eigenvalue weighted by Crippen LogP contribution is -2.44. The van der Waals surface area contributed by atoms with Gasteiger partial charge in [-0.1, -0.05) is 29.8 Å². The second-order valence-electron chi connectivity index (χ2n) is 6.10. The quantitative estimate of drug-likeness (QED) is 0.728. The molecule has 1 amide bonds. The van der Waals surface area contributed by atoms with E-state index in [4.69, 9.17) is 4.42 Å². The predicted molar refractivity (Wildman–Crippen MR) is 107 cm³/mol. The minimum Gasteiger partial charge on any atom is -0.443 e. The first-order chi connectivity index (χ1) is 11.7. The van der Waals surface area contributed by atoms with Gasteiger partial charge in [-0.15, -0.1) is 24.8 Å². The summed E-state index contributed by atoms with van der Waals surface area (Å²) in [7, 11) is 0. The van der Waals surface area contributed by atoms with Crippen molar-refractivity contribution in [1.29, 1.82) is 0 Å². The highest BCUT2D eigenvalue weighted by Gasteiger charge is 2.18. The van der Waals surface area contributed by atoms with E-state index in [1.165, 1.54) is 6.39 Å². The lowest BCUT2D eigenvalue weighted by molar-refractivity contribution is 0.0947. The molecule has 8 heteroatoms. The minimum atomic E-state index is -0.181. The monoisotopic (exact) mass is 400 g/mol. The molecular formula is C18H26Cl2N4O2. The van der Waals surface area contributed by atoms with Crippen molar-refractivity contribution in [3.63, 3.8) is 0 Å². The summed E-state index contributed by atoms with van der Waals surface area (Å²) in [4.78, 5) is 18.9. The molecule has 0 bridgehead atoms. The van der Waals surface area contributed by atoms with E-state index >= 15 is 0 Å². The van der Waals surface area contributed by atoms with Crippen LogP contribution in [0.25, 0.3) is 11.3 Å². The Morgan fingerprint density at radius 2 is 1.92 bits per heavy atom. The molecule has 2 heterocycles. The lowest BCUT2D eigenvalue weighted by Gasteiger charge is -2.27. The molecular weight excluding hydrogens is 375 g/mol. The Labute approximate surface area is 166 Å². The molecule has 1 saturated heterocycles. The van der Waals surface area contributed by atoms with Gasteiger partial charge in [0, 0.05) is 38.3 Å². The summed E-state index contributed by atoms with van der Waals surface area (Å²) in [5, 5.41) is 6.28. The smallest absolute Gasteiger partial charge is 0.273 e. The number of nitrogens with zero attached hydrogens (tertiary/aromatic N) is 2. The molecule has 26 heavy (non-hydrogen) atoms. The largest absolute Gasteiger partial charge is 0.443 e. The van der Waals surface area contributed by atoms with Gasteiger partial charge in [0.15, 0.2) is 17.8 Å². The van der Waals surface area contributed by atoms with Crippen molar-refractivity contribution < 1.29 is 9.21 Å². The van der Waals surface area contributed by atoms with E-state index in [1.807, 2.05) is 31.2 Å². The number of piperazine rings is 1. The van der Waals surface area contributed by atoms with Gasteiger partial charge in [-0.3, -0.25) is 4.79 Å². The molecule has 144 valence electrons. The molecule has 0 radical (unpaired) electrons. The van der Waals surface area contributed by atoms with Gasteiger partial charge >= 0.3 is 0 Å². The molecule has 1 aliphatic heterocycles. The Kier molecular flexibility index (Phi) is 9.65. The summed E-state index contributed by atoms with van der Waals surface area (Å²) in [6, 6.07) is 7.87. The summed E-state index contributed by atoms with van der Waals surface area (Å²) in [5.74, 6) is 0.342.